The van der Waals surface area contributed by atoms with Crippen LogP contribution in [0.2, 0.25) is 0 Å². The first-order valence-electron chi connectivity index (χ1n) is 7.71. The number of aliphatic carboxylic acids is 1. The van der Waals surface area contributed by atoms with E-state index in [0.29, 0.717) is 11.6 Å². The lowest BCUT2D eigenvalue weighted by Crippen LogP contribution is -2.54. The minimum atomic E-state index is -1.12. The molecule has 2 unspecified atom stereocenters. The highest BCUT2D eigenvalue weighted by Gasteiger charge is 2.38. The minimum Gasteiger partial charge on any atom is -0.481 e. The number of fused-ring (bicyclic) bond motifs is 1. The van der Waals surface area contributed by atoms with Gasteiger partial charge in [-0.15, -0.1) is 10.2 Å². The summed E-state index contributed by atoms with van der Waals surface area (Å²) in [6.45, 7) is 3.31. The molecule has 2 atom stereocenters. The van der Waals surface area contributed by atoms with E-state index in [0.717, 1.165) is 6.07 Å². The van der Waals surface area contributed by atoms with E-state index in [2.05, 4.69) is 10.2 Å². The Bertz CT molecular complexity index is 822. The smallest absolute Gasteiger partial charge is 0.328 e. The first-order chi connectivity index (χ1) is 11.9. The third kappa shape index (κ3) is 3.30. The van der Waals surface area contributed by atoms with Crippen molar-refractivity contribution in [3.05, 3.63) is 41.7 Å². The van der Waals surface area contributed by atoms with Crippen LogP contribution in [-0.4, -0.2) is 48.8 Å². The molecule has 0 bridgehead atoms. The van der Waals surface area contributed by atoms with E-state index in [1.165, 1.54) is 30.0 Å². The minimum absolute atomic E-state index is 0.0213. The van der Waals surface area contributed by atoms with E-state index >= 15 is 0 Å². The highest BCUT2D eigenvalue weighted by Crippen LogP contribution is 2.21. The molecule has 1 aliphatic rings. The van der Waals surface area contributed by atoms with Crippen LogP contribution in [0.1, 0.15) is 18.6 Å². The Morgan fingerprint density at radius 3 is 2.84 bits per heavy atom. The second kappa shape index (κ2) is 6.50. The van der Waals surface area contributed by atoms with Gasteiger partial charge < -0.3 is 19.3 Å². The number of rotatable bonds is 4. The van der Waals surface area contributed by atoms with Gasteiger partial charge in [0.15, 0.2) is 11.9 Å². The van der Waals surface area contributed by atoms with Crippen molar-refractivity contribution in [1.29, 1.82) is 0 Å². The first kappa shape index (κ1) is 16.9. The molecule has 25 heavy (non-hydrogen) atoms. The largest absolute Gasteiger partial charge is 0.481 e. The number of aromatic nitrogens is 3. The zero-order valence-corrected chi connectivity index (χ0v) is 13.7. The first-order valence-corrected chi connectivity index (χ1v) is 7.71. The predicted octanol–water partition coefficient (Wildman–Crippen LogP) is 0.989. The zero-order valence-electron chi connectivity index (χ0n) is 13.7. The van der Waals surface area contributed by atoms with Crippen molar-refractivity contribution in [2.75, 3.05) is 0 Å². The van der Waals surface area contributed by atoms with Crippen molar-refractivity contribution < 1.29 is 23.8 Å². The Labute approximate surface area is 142 Å². The van der Waals surface area contributed by atoms with E-state index in [4.69, 9.17) is 4.74 Å². The lowest BCUT2D eigenvalue weighted by molar-refractivity contribution is -0.155. The van der Waals surface area contributed by atoms with Gasteiger partial charge in [-0.3, -0.25) is 4.79 Å². The second-order valence-corrected chi connectivity index (χ2v) is 5.81. The van der Waals surface area contributed by atoms with Crippen molar-refractivity contribution in [3.63, 3.8) is 0 Å². The zero-order chi connectivity index (χ0) is 18.1. The van der Waals surface area contributed by atoms with Crippen LogP contribution in [0.3, 0.4) is 0 Å². The molecule has 1 aromatic heterocycles. The lowest BCUT2D eigenvalue weighted by atomic mass is 10.1. The van der Waals surface area contributed by atoms with Gasteiger partial charge in [-0.05, 0) is 26.0 Å². The summed E-state index contributed by atoms with van der Waals surface area (Å²) in [6.07, 6.45) is -0.973. The molecule has 8 nitrogen and oxygen atoms in total. The fraction of sp³-hybridized carbons (Fsp3) is 0.375. The van der Waals surface area contributed by atoms with Crippen LogP contribution in [0.15, 0.2) is 24.3 Å². The number of carboxylic acids is 1. The van der Waals surface area contributed by atoms with Gasteiger partial charge in [0, 0.05) is 6.07 Å². The van der Waals surface area contributed by atoms with Crippen LogP contribution >= 0.6 is 0 Å². The van der Waals surface area contributed by atoms with Gasteiger partial charge in [0.05, 0.1) is 13.1 Å². The van der Waals surface area contributed by atoms with Gasteiger partial charge in [-0.1, -0.05) is 6.07 Å². The molecule has 3 rings (SSSR count). The Morgan fingerprint density at radius 2 is 2.16 bits per heavy atom. The average molecular weight is 348 g/mol. The number of hydrogen-bond acceptors (Lipinski definition) is 5. The van der Waals surface area contributed by atoms with Crippen molar-refractivity contribution >= 4 is 11.9 Å². The van der Waals surface area contributed by atoms with Crippen LogP contribution in [0.25, 0.3) is 0 Å². The summed E-state index contributed by atoms with van der Waals surface area (Å²) in [4.78, 5) is 25.5. The van der Waals surface area contributed by atoms with Gasteiger partial charge in [0.25, 0.3) is 5.91 Å². The van der Waals surface area contributed by atoms with Gasteiger partial charge >= 0.3 is 5.97 Å². The van der Waals surface area contributed by atoms with E-state index in [9.17, 15) is 19.1 Å². The molecule has 1 N–H and O–H groups in total. The molecule has 1 aliphatic heterocycles. The number of hydrogen-bond donors (Lipinski definition) is 1. The van der Waals surface area contributed by atoms with Gasteiger partial charge in [-0.2, -0.15) is 0 Å². The van der Waals surface area contributed by atoms with E-state index in [1.54, 1.807) is 11.5 Å². The lowest BCUT2D eigenvalue weighted by Gasteiger charge is -2.34. The number of ether oxygens (including phenoxy) is 1. The molecule has 0 saturated carbocycles. The summed E-state index contributed by atoms with van der Waals surface area (Å²) < 4.78 is 20.4. The molecular weight excluding hydrogens is 331 g/mol. The van der Waals surface area contributed by atoms with Crippen LogP contribution in [0, 0.1) is 12.7 Å². The molecule has 9 heteroatoms. The summed E-state index contributed by atoms with van der Waals surface area (Å²) in [7, 11) is 0. The fourth-order valence-corrected chi connectivity index (χ4v) is 2.78. The second-order valence-electron chi connectivity index (χ2n) is 5.81. The topological polar surface area (TPSA) is 97.5 Å². The number of benzene rings is 1. The SMILES string of the molecule is Cc1nnc2n1CC(C(=O)O)N(C(=O)C(C)Oc1cccc(F)c1)C2. The van der Waals surface area contributed by atoms with E-state index in [-0.39, 0.29) is 18.8 Å². The Balaban J connectivity index is 1.80. The van der Waals surface area contributed by atoms with Crippen molar-refractivity contribution in [1.82, 2.24) is 19.7 Å². The normalized spacial score (nSPS) is 17.7. The Hall–Kier alpha value is -2.97. The highest BCUT2D eigenvalue weighted by atomic mass is 19.1. The Kier molecular flexibility index (Phi) is 4.39. The van der Waals surface area contributed by atoms with Gasteiger partial charge in [-0.25, -0.2) is 9.18 Å². The average Bonchev–Trinajstić information content (AvgIpc) is 2.93. The third-order valence-electron chi connectivity index (χ3n) is 4.08. The van der Waals surface area contributed by atoms with E-state index in [1.807, 2.05) is 0 Å². The monoisotopic (exact) mass is 348 g/mol. The third-order valence-corrected chi connectivity index (χ3v) is 4.08. The quantitative estimate of drug-likeness (QED) is 0.885. The molecule has 0 aliphatic carbocycles. The van der Waals surface area contributed by atoms with Crippen LogP contribution < -0.4 is 4.74 Å². The molecule has 132 valence electrons. The molecule has 0 saturated heterocycles. The van der Waals surface area contributed by atoms with Crippen LogP contribution in [-0.2, 0) is 22.7 Å². The summed E-state index contributed by atoms with van der Waals surface area (Å²) in [5, 5.41) is 17.4. The molecule has 0 radical (unpaired) electrons. The Morgan fingerprint density at radius 1 is 1.40 bits per heavy atom. The maximum absolute atomic E-state index is 13.2. The molecule has 0 spiro atoms. The molecule has 1 amide bonds. The summed E-state index contributed by atoms with van der Waals surface area (Å²) in [5.74, 6) is -0.807. The number of halogens is 1. The van der Waals surface area contributed by atoms with Gasteiger partial charge in [0.1, 0.15) is 23.4 Å². The summed E-state index contributed by atoms with van der Waals surface area (Å²) >= 11 is 0. The van der Waals surface area contributed by atoms with Crippen LogP contribution in [0.4, 0.5) is 4.39 Å². The predicted molar refractivity (Wildman–Crippen MR) is 83.2 cm³/mol. The fourth-order valence-electron chi connectivity index (χ4n) is 2.78. The number of nitrogens with zero attached hydrogens (tertiary/aromatic N) is 4. The van der Waals surface area contributed by atoms with Crippen molar-refractivity contribution in [2.24, 2.45) is 0 Å². The molecular formula is C16H17FN4O4. The summed E-state index contributed by atoms with van der Waals surface area (Å²) in [5.41, 5.74) is 0. The number of amides is 1. The molecule has 0 fully saturated rings. The maximum atomic E-state index is 13.2. The van der Waals surface area contributed by atoms with Crippen molar-refractivity contribution in [3.8, 4) is 5.75 Å². The van der Waals surface area contributed by atoms with E-state index < -0.39 is 29.8 Å². The van der Waals surface area contributed by atoms with Crippen LogP contribution in [0.5, 0.6) is 5.75 Å². The highest BCUT2D eigenvalue weighted by molar-refractivity contribution is 5.86. The molecule has 2 heterocycles. The number of carboxylic acid groups (broad SMARTS) is 1. The van der Waals surface area contributed by atoms with Gasteiger partial charge in [0.2, 0.25) is 0 Å². The summed E-state index contributed by atoms with van der Waals surface area (Å²) in [6, 6.07) is 4.37. The number of aryl methyl sites for hydroxylation is 1. The maximum Gasteiger partial charge on any atom is 0.328 e. The molecule has 1 aromatic carbocycles. The standard InChI is InChI=1S/C16H17FN4O4/c1-9(25-12-5-3-4-11(17)6-12)15(22)21-8-14-19-18-10(2)20(14)7-13(21)16(23)24/h3-6,9,13H,7-8H2,1-2H3,(H,23,24). The number of carbonyl (C=O) groups is 2. The van der Waals surface area contributed by atoms with Crippen molar-refractivity contribution in [2.45, 2.75) is 39.1 Å². The number of carbonyl (C=O) groups excluding carboxylic acids is 1. The molecule has 2 aromatic rings.